The highest BCUT2D eigenvalue weighted by atomic mass is 19.1. The number of carbonyl (C=O) groups excluding carboxylic acids is 1. The summed E-state index contributed by atoms with van der Waals surface area (Å²) in [5.41, 5.74) is 2.62. The number of ketones is 1. The molecule has 162 valence electrons. The molecule has 4 rings (SSSR count). The van der Waals surface area contributed by atoms with Crippen LogP contribution in [0.2, 0.25) is 0 Å². The van der Waals surface area contributed by atoms with Gasteiger partial charge in [-0.05, 0) is 83.6 Å². The second-order valence-corrected chi connectivity index (χ2v) is 11.9. The van der Waals surface area contributed by atoms with Crippen molar-refractivity contribution in [1.82, 2.24) is 4.98 Å². The fourth-order valence-corrected chi connectivity index (χ4v) is 6.56. The molecule has 2 aromatic rings. The molecule has 5 atom stereocenters. The minimum absolute atomic E-state index is 0.0520. The summed E-state index contributed by atoms with van der Waals surface area (Å²) >= 11 is 0. The molecule has 3 unspecified atom stereocenters. The summed E-state index contributed by atoms with van der Waals surface area (Å²) in [6, 6.07) is 7.01. The third-order valence-electron chi connectivity index (χ3n) is 8.37. The Balaban J connectivity index is 1.56. The molecule has 0 amide bonds. The quantitative estimate of drug-likeness (QED) is 0.529. The average Bonchev–Trinajstić information content (AvgIpc) is 3.03. The Morgan fingerprint density at radius 3 is 2.37 bits per heavy atom. The van der Waals surface area contributed by atoms with Crippen LogP contribution in [0.3, 0.4) is 0 Å². The third-order valence-corrected chi connectivity index (χ3v) is 8.37. The van der Waals surface area contributed by atoms with Gasteiger partial charge in [-0.3, -0.25) is 9.78 Å². The van der Waals surface area contributed by atoms with Gasteiger partial charge in [-0.25, -0.2) is 4.39 Å². The number of carbonyl (C=O) groups is 1. The summed E-state index contributed by atoms with van der Waals surface area (Å²) in [6.45, 7) is 13.5. The molecule has 0 bridgehead atoms. The zero-order valence-corrected chi connectivity index (χ0v) is 19.4. The maximum Gasteiger partial charge on any atom is 0.136 e. The summed E-state index contributed by atoms with van der Waals surface area (Å²) in [5, 5.41) is 0.958. The first-order valence-corrected chi connectivity index (χ1v) is 11.5. The van der Waals surface area contributed by atoms with Crippen molar-refractivity contribution in [2.75, 3.05) is 0 Å². The van der Waals surface area contributed by atoms with E-state index in [4.69, 9.17) is 0 Å². The van der Waals surface area contributed by atoms with Gasteiger partial charge >= 0.3 is 0 Å². The molecular formula is C27H36FNO. The Kier molecular flexibility index (Phi) is 5.11. The van der Waals surface area contributed by atoms with Gasteiger partial charge in [0.15, 0.2) is 0 Å². The first-order chi connectivity index (χ1) is 13.9. The highest BCUT2D eigenvalue weighted by Crippen LogP contribution is 2.69. The lowest BCUT2D eigenvalue weighted by atomic mass is 9.71. The molecule has 30 heavy (non-hydrogen) atoms. The molecule has 2 saturated carbocycles. The molecule has 0 saturated heterocycles. The molecule has 0 radical (unpaired) electrons. The molecule has 2 aliphatic carbocycles. The lowest BCUT2D eigenvalue weighted by Gasteiger charge is -2.34. The molecule has 0 spiro atoms. The van der Waals surface area contributed by atoms with E-state index >= 15 is 0 Å². The van der Waals surface area contributed by atoms with E-state index in [1.807, 2.05) is 6.20 Å². The van der Waals surface area contributed by atoms with Crippen molar-refractivity contribution < 1.29 is 9.18 Å². The van der Waals surface area contributed by atoms with Crippen LogP contribution in [0, 0.1) is 33.9 Å². The van der Waals surface area contributed by atoms with Crippen LogP contribution >= 0.6 is 0 Å². The summed E-state index contributed by atoms with van der Waals surface area (Å²) in [6.07, 6.45) is 6.98. The largest absolute Gasteiger partial charge is 0.299 e. The fraction of sp³-hybridized carbons (Fsp3) is 0.630. The van der Waals surface area contributed by atoms with E-state index in [0.717, 1.165) is 36.6 Å². The van der Waals surface area contributed by atoms with Gasteiger partial charge in [-0.1, -0.05) is 41.5 Å². The minimum Gasteiger partial charge on any atom is -0.299 e. The monoisotopic (exact) mass is 409 g/mol. The lowest BCUT2D eigenvalue weighted by Crippen LogP contribution is -2.25. The number of Topliss-reactive ketones (excluding diaryl/α,β-unsaturated/α-hetero) is 1. The number of hydrogen-bond donors (Lipinski definition) is 0. The number of rotatable bonds is 4. The van der Waals surface area contributed by atoms with Gasteiger partial charge in [0.2, 0.25) is 0 Å². The molecule has 2 nitrogen and oxygen atoms in total. The average molecular weight is 410 g/mol. The topological polar surface area (TPSA) is 30.0 Å². The van der Waals surface area contributed by atoms with Gasteiger partial charge in [-0.15, -0.1) is 0 Å². The van der Waals surface area contributed by atoms with Crippen LogP contribution in [0.25, 0.3) is 10.9 Å². The first kappa shape index (κ1) is 21.5. The lowest BCUT2D eigenvalue weighted by molar-refractivity contribution is -0.125. The molecule has 0 N–H and O–H groups in total. The molecule has 2 aliphatic rings. The van der Waals surface area contributed by atoms with Crippen molar-refractivity contribution in [3.8, 4) is 0 Å². The number of nitrogens with zero attached hydrogens (tertiary/aromatic N) is 1. The van der Waals surface area contributed by atoms with Gasteiger partial charge in [-0.2, -0.15) is 0 Å². The summed E-state index contributed by atoms with van der Waals surface area (Å²) in [5.74, 6) is 1.26. The number of hydrogen-bond acceptors (Lipinski definition) is 2. The van der Waals surface area contributed by atoms with Crippen molar-refractivity contribution in [1.29, 1.82) is 0 Å². The van der Waals surface area contributed by atoms with Crippen LogP contribution < -0.4 is 0 Å². The van der Waals surface area contributed by atoms with E-state index in [2.05, 4.69) is 52.6 Å². The van der Waals surface area contributed by atoms with Gasteiger partial charge in [0, 0.05) is 23.9 Å². The Hall–Kier alpha value is -1.77. The zero-order valence-electron chi connectivity index (χ0n) is 19.4. The molecule has 1 heterocycles. The maximum absolute atomic E-state index is 14.0. The van der Waals surface area contributed by atoms with Crippen molar-refractivity contribution in [2.45, 2.75) is 79.6 Å². The van der Waals surface area contributed by atoms with Gasteiger partial charge in [0.25, 0.3) is 0 Å². The van der Waals surface area contributed by atoms with Crippen LogP contribution in [-0.2, 0) is 4.79 Å². The molecule has 0 aliphatic heterocycles. The second kappa shape index (κ2) is 7.14. The van der Waals surface area contributed by atoms with E-state index in [1.54, 1.807) is 12.1 Å². The highest BCUT2D eigenvalue weighted by Gasteiger charge is 2.59. The van der Waals surface area contributed by atoms with Crippen LogP contribution in [0.4, 0.5) is 4.39 Å². The summed E-state index contributed by atoms with van der Waals surface area (Å²) in [4.78, 5) is 17.3. The van der Waals surface area contributed by atoms with Gasteiger partial charge < -0.3 is 0 Å². The van der Waals surface area contributed by atoms with E-state index < -0.39 is 0 Å². The van der Waals surface area contributed by atoms with Crippen molar-refractivity contribution >= 4 is 16.7 Å². The molecular weight excluding hydrogens is 373 g/mol. The molecule has 3 heteroatoms. The number of fused-ring (bicyclic) bond motifs is 2. The van der Waals surface area contributed by atoms with Crippen LogP contribution in [0.15, 0.2) is 30.5 Å². The number of aromatic nitrogens is 1. The molecule has 1 aromatic carbocycles. The smallest absolute Gasteiger partial charge is 0.136 e. The zero-order chi connectivity index (χ0) is 21.9. The third kappa shape index (κ3) is 3.69. The normalized spacial score (nSPS) is 32.4. The van der Waals surface area contributed by atoms with Crippen molar-refractivity contribution in [3.05, 3.63) is 41.8 Å². The van der Waals surface area contributed by atoms with Crippen LogP contribution in [0.1, 0.15) is 85.1 Å². The van der Waals surface area contributed by atoms with E-state index in [9.17, 15) is 9.18 Å². The van der Waals surface area contributed by atoms with Gasteiger partial charge in [0.1, 0.15) is 11.6 Å². The van der Waals surface area contributed by atoms with Crippen LogP contribution in [0.5, 0.6) is 0 Å². The Labute approximate surface area is 180 Å². The molecule has 1 aromatic heterocycles. The summed E-state index contributed by atoms with van der Waals surface area (Å²) in [7, 11) is 0. The predicted octanol–water partition coefficient (Wildman–Crippen LogP) is 7.32. The van der Waals surface area contributed by atoms with Crippen molar-refractivity contribution in [3.63, 3.8) is 0 Å². The first-order valence-electron chi connectivity index (χ1n) is 11.5. The van der Waals surface area contributed by atoms with E-state index in [0.29, 0.717) is 24.0 Å². The Morgan fingerprint density at radius 1 is 1.13 bits per heavy atom. The van der Waals surface area contributed by atoms with Crippen LogP contribution in [-0.4, -0.2) is 10.8 Å². The fourth-order valence-electron chi connectivity index (χ4n) is 6.56. The Morgan fingerprint density at radius 2 is 1.77 bits per heavy atom. The van der Waals surface area contributed by atoms with E-state index in [1.165, 1.54) is 11.6 Å². The number of pyridine rings is 1. The minimum atomic E-state index is -0.196. The molecule has 2 fully saturated rings. The van der Waals surface area contributed by atoms with Gasteiger partial charge in [0.05, 0.1) is 5.52 Å². The predicted molar refractivity (Wildman–Crippen MR) is 121 cm³/mol. The number of halogens is 1. The summed E-state index contributed by atoms with van der Waals surface area (Å²) < 4.78 is 14.0. The highest BCUT2D eigenvalue weighted by molar-refractivity contribution is 5.83. The Bertz CT molecular complexity index is 956. The SMILES string of the molecule is CC(C(=O)CC(C)(C)C)C1C[C@]2(C)CC(c3ccnc4ccc(F)cc34)C[C@]2(C)C1. The maximum atomic E-state index is 14.0. The van der Waals surface area contributed by atoms with Crippen molar-refractivity contribution in [2.24, 2.45) is 28.1 Å². The number of benzene rings is 1. The van der Waals surface area contributed by atoms with E-state index in [-0.39, 0.29) is 28.0 Å². The standard InChI is InChI=1S/C27H36FNO/c1-17(24(30)16-25(2,3)4)18-12-26(5)14-19(15-27(26,6)13-18)21-9-10-29-23-8-7-20(28)11-22(21)23/h7-11,17-19H,12-16H2,1-6H3/t17?,18?,19?,26-,27+. The second-order valence-electron chi connectivity index (χ2n) is 11.9.